The molecule has 5 nitrogen and oxygen atoms in total. The van der Waals surface area contributed by atoms with Crippen molar-refractivity contribution in [2.24, 2.45) is 5.92 Å². The number of hydrogen-bond acceptors (Lipinski definition) is 3. The molecule has 1 aromatic rings. The maximum atomic E-state index is 11.7. The summed E-state index contributed by atoms with van der Waals surface area (Å²) < 4.78 is 0. The maximum absolute atomic E-state index is 11.7. The van der Waals surface area contributed by atoms with Gasteiger partial charge in [0.1, 0.15) is 5.75 Å². The Labute approximate surface area is 113 Å². The summed E-state index contributed by atoms with van der Waals surface area (Å²) in [5, 5.41) is 23.8. The lowest BCUT2D eigenvalue weighted by Gasteiger charge is -2.18. The largest absolute Gasteiger partial charge is 0.508 e. The van der Waals surface area contributed by atoms with Gasteiger partial charge in [-0.15, -0.1) is 0 Å². The fourth-order valence-corrected chi connectivity index (χ4v) is 1.78. The summed E-state index contributed by atoms with van der Waals surface area (Å²) in [6.45, 7) is 4.40. The second-order valence-electron chi connectivity index (χ2n) is 5.00. The Hall–Kier alpha value is -1.75. The zero-order chi connectivity index (χ0) is 14.3. The van der Waals surface area contributed by atoms with Crippen LogP contribution in [0.2, 0.25) is 0 Å². The molecule has 0 aliphatic heterocycles. The third-order valence-electron chi connectivity index (χ3n) is 2.70. The summed E-state index contributed by atoms with van der Waals surface area (Å²) in [4.78, 5) is 11.7. The number of carbonyl (C=O) groups is 1. The van der Waals surface area contributed by atoms with Crippen molar-refractivity contribution in [3.05, 3.63) is 29.8 Å². The van der Waals surface area contributed by atoms with E-state index < -0.39 is 0 Å². The van der Waals surface area contributed by atoms with Crippen LogP contribution >= 0.6 is 0 Å². The lowest BCUT2D eigenvalue weighted by Crippen LogP contribution is -2.44. The molecular formula is C14H22N2O3. The molecule has 0 aliphatic rings. The second-order valence-corrected chi connectivity index (χ2v) is 5.00. The second kappa shape index (κ2) is 7.63. The van der Waals surface area contributed by atoms with E-state index in [0.29, 0.717) is 12.5 Å². The fourth-order valence-electron chi connectivity index (χ4n) is 1.78. The Balaban J connectivity index is 2.36. The van der Waals surface area contributed by atoms with Gasteiger partial charge in [-0.2, -0.15) is 0 Å². The first-order valence-electron chi connectivity index (χ1n) is 6.44. The number of amides is 2. The first-order chi connectivity index (χ1) is 9.01. The summed E-state index contributed by atoms with van der Waals surface area (Å²) in [5.41, 5.74) is 0.900. The Morgan fingerprint density at radius 2 is 1.89 bits per heavy atom. The van der Waals surface area contributed by atoms with Gasteiger partial charge in [-0.3, -0.25) is 0 Å². The molecule has 1 aromatic carbocycles. The van der Waals surface area contributed by atoms with Crippen LogP contribution in [0.25, 0.3) is 0 Å². The van der Waals surface area contributed by atoms with Crippen LogP contribution in [0.1, 0.15) is 25.8 Å². The van der Waals surface area contributed by atoms with Gasteiger partial charge in [-0.1, -0.05) is 26.0 Å². The van der Waals surface area contributed by atoms with Crippen molar-refractivity contribution in [2.45, 2.75) is 32.9 Å². The highest BCUT2D eigenvalue weighted by atomic mass is 16.3. The van der Waals surface area contributed by atoms with Gasteiger partial charge in [0.2, 0.25) is 0 Å². The highest BCUT2D eigenvalue weighted by molar-refractivity contribution is 5.74. The smallest absolute Gasteiger partial charge is 0.315 e. The molecule has 1 atom stereocenters. The first-order valence-corrected chi connectivity index (χ1v) is 6.44. The molecule has 0 radical (unpaired) electrons. The molecular weight excluding hydrogens is 244 g/mol. The maximum Gasteiger partial charge on any atom is 0.315 e. The molecule has 19 heavy (non-hydrogen) atoms. The van der Waals surface area contributed by atoms with Crippen LogP contribution in [0.15, 0.2) is 24.3 Å². The van der Waals surface area contributed by atoms with Gasteiger partial charge in [0.25, 0.3) is 0 Å². The molecule has 5 heteroatoms. The van der Waals surface area contributed by atoms with Gasteiger partial charge in [0.05, 0.1) is 12.6 Å². The summed E-state index contributed by atoms with van der Waals surface area (Å²) >= 11 is 0. The Bertz CT molecular complexity index is 390. The molecule has 4 N–H and O–H groups in total. The first kappa shape index (κ1) is 15.3. The molecule has 0 aliphatic carbocycles. The van der Waals surface area contributed by atoms with E-state index in [2.05, 4.69) is 10.6 Å². The number of benzene rings is 1. The number of urea groups is 1. The minimum absolute atomic E-state index is 0.0647. The van der Waals surface area contributed by atoms with Crippen LogP contribution in [0.3, 0.4) is 0 Å². The van der Waals surface area contributed by atoms with Crippen LogP contribution in [-0.4, -0.2) is 28.9 Å². The molecule has 1 rings (SSSR count). The lowest BCUT2D eigenvalue weighted by atomic mass is 10.0. The summed E-state index contributed by atoms with van der Waals surface area (Å²) in [5.74, 6) is 0.611. The number of phenolic OH excluding ortho intramolecular Hbond substituents is 1. The molecule has 2 amide bonds. The highest BCUT2D eigenvalue weighted by Gasteiger charge is 2.12. The Kier molecular flexibility index (Phi) is 6.15. The van der Waals surface area contributed by atoms with Gasteiger partial charge in [0, 0.05) is 6.54 Å². The normalized spacial score (nSPS) is 12.2. The standard InChI is InChI=1S/C14H22N2O3/c1-10(2)7-12(9-17)16-14(19)15-8-11-3-5-13(18)6-4-11/h3-6,10,12,17-18H,7-9H2,1-2H3,(H2,15,16,19). The van der Waals surface area contributed by atoms with Crippen LogP contribution < -0.4 is 10.6 Å². The zero-order valence-corrected chi connectivity index (χ0v) is 11.4. The minimum Gasteiger partial charge on any atom is -0.508 e. The van der Waals surface area contributed by atoms with Crippen molar-refractivity contribution in [3.63, 3.8) is 0 Å². The lowest BCUT2D eigenvalue weighted by molar-refractivity contribution is 0.206. The van der Waals surface area contributed by atoms with E-state index in [9.17, 15) is 4.79 Å². The molecule has 0 bridgehead atoms. The molecule has 0 fully saturated rings. The molecule has 0 aromatic heterocycles. The summed E-state index contributed by atoms with van der Waals surface area (Å²) in [6, 6.07) is 6.11. The Morgan fingerprint density at radius 3 is 2.42 bits per heavy atom. The number of hydrogen-bond donors (Lipinski definition) is 4. The topological polar surface area (TPSA) is 81.6 Å². The van der Waals surface area contributed by atoms with Crippen molar-refractivity contribution >= 4 is 6.03 Å². The fraction of sp³-hybridized carbons (Fsp3) is 0.500. The molecule has 1 unspecified atom stereocenters. The number of aromatic hydroxyl groups is 1. The van der Waals surface area contributed by atoms with Gasteiger partial charge in [-0.05, 0) is 30.0 Å². The van der Waals surface area contributed by atoms with Gasteiger partial charge in [-0.25, -0.2) is 4.79 Å². The van der Waals surface area contributed by atoms with Crippen molar-refractivity contribution in [1.29, 1.82) is 0 Å². The number of aliphatic hydroxyl groups is 1. The average Bonchev–Trinajstić information content (AvgIpc) is 2.36. The number of rotatable bonds is 6. The average molecular weight is 266 g/mol. The zero-order valence-electron chi connectivity index (χ0n) is 11.4. The van der Waals surface area contributed by atoms with Gasteiger partial charge < -0.3 is 20.8 Å². The van der Waals surface area contributed by atoms with Crippen molar-refractivity contribution in [3.8, 4) is 5.75 Å². The van der Waals surface area contributed by atoms with E-state index in [-0.39, 0.29) is 24.4 Å². The number of carbonyl (C=O) groups excluding carboxylic acids is 1. The van der Waals surface area contributed by atoms with Crippen molar-refractivity contribution in [1.82, 2.24) is 10.6 Å². The number of phenols is 1. The molecule has 0 heterocycles. The predicted molar refractivity (Wildman–Crippen MR) is 73.8 cm³/mol. The van der Waals surface area contributed by atoms with E-state index in [0.717, 1.165) is 12.0 Å². The van der Waals surface area contributed by atoms with Crippen molar-refractivity contribution in [2.75, 3.05) is 6.61 Å². The molecule has 0 saturated heterocycles. The third-order valence-corrected chi connectivity index (χ3v) is 2.70. The molecule has 106 valence electrons. The van der Waals surface area contributed by atoms with E-state index in [1.54, 1.807) is 24.3 Å². The van der Waals surface area contributed by atoms with E-state index in [1.807, 2.05) is 13.8 Å². The Morgan fingerprint density at radius 1 is 1.26 bits per heavy atom. The molecule has 0 spiro atoms. The number of aliphatic hydroxyl groups excluding tert-OH is 1. The van der Waals surface area contributed by atoms with E-state index >= 15 is 0 Å². The van der Waals surface area contributed by atoms with E-state index in [1.165, 1.54) is 0 Å². The van der Waals surface area contributed by atoms with Crippen LogP contribution in [0.5, 0.6) is 5.75 Å². The van der Waals surface area contributed by atoms with Crippen molar-refractivity contribution < 1.29 is 15.0 Å². The van der Waals surface area contributed by atoms with Gasteiger partial charge >= 0.3 is 6.03 Å². The number of nitrogens with one attached hydrogen (secondary N) is 2. The quantitative estimate of drug-likeness (QED) is 0.631. The van der Waals surface area contributed by atoms with E-state index in [4.69, 9.17) is 10.2 Å². The predicted octanol–water partition coefficient (Wildman–Crippen LogP) is 1.60. The SMILES string of the molecule is CC(C)CC(CO)NC(=O)NCc1ccc(O)cc1. The minimum atomic E-state index is -0.298. The summed E-state index contributed by atoms with van der Waals surface area (Å²) in [6.07, 6.45) is 0.739. The van der Waals surface area contributed by atoms with Crippen LogP contribution in [0.4, 0.5) is 4.79 Å². The molecule has 0 saturated carbocycles. The van der Waals surface area contributed by atoms with Crippen LogP contribution in [0, 0.1) is 5.92 Å². The van der Waals surface area contributed by atoms with Crippen LogP contribution in [-0.2, 0) is 6.54 Å². The van der Waals surface area contributed by atoms with Gasteiger partial charge in [0.15, 0.2) is 0 Å². The summed E-state index contributed by atoms with van der Waals surface area (Å²) in [7, 11) is 0. The highest BCUT2D eigenvalue weighted by Crippen LogP contribution is 2.09. The third kappa shape index (κ3) is 6.10. The monoisotopic (exact) mass is 266 g/mol.